The van der Waals surface area contributed by atoms with E-state index in [-0.39, 0.29) is 5.92 Å². The molecule has 17 heavy (non-hydrogen) atoms. The van der Waals surface area contributed by atoms with Gasteiger partial charge in [0.1, 0.15) is 0 Å². The number of nitrogens with zero attached hydrogens (tertiary/aromatic N) is 1. The van der Waals surface area contributed by atoms with E-state index in [0.717, 1.165) is 18.5 Å². The molecular weight excluding hydrogens is 210 g/mol. The zero-order valence-electron chi connectivity index (χ0n) is 10.7. The van der Waals surface area contributed by atoms with Gasteiger partial charge in [-0.05, 0) is 30.9 Å². The fourth-order valence-electron chi connectivity index (χ4n) is 2.88. The summed E-state index contributed by atoms with van der Waals surface area (Å²) in [5, 5.41) is 0. The molecule has 0 aromatic heterocycles. The summed E-state index contributed by atoms with van der Waals surface area (Å²) >= 11 is 0. The number of para-hydroxylation sites is 1. The molecule has 0 bridgehead atoms. The molecule has 2 nitrogen and oxygen atoms in total. The van der Waals surface area contributed by atoms with Crippen molar-refractivity contribution in [3.8, 4) is 0 Å². The fraction of sp³-hybridized carbons (Fsp3) is 0.533. The average molecular weight is 231 g/mol. The summed E-state index contributed by atoms with van der Waals surface area (Å²) in [6.07, 6.45) is 4.61. The van der Waals surface area contributed by atoms with Crippen LogP contribution in [0.5, 0.6) is 0 Å². The summed E-state index contributed by atoms with van der Waals surface area (Å²) in [4.78, 5) is 14.3. The molecule has 1 amide bonds. The minimum atomic E-state index is 0.241. The number of rotatable bonds is 3. The Morgan fingerprint density at radius 3 is 2.65 bits per heavy atom. The molecule has 0 aliphatic heterocycles. The Morgan fingerprint density at radius 2 is 2.00 bits per heavy atom. The summed E-state index contributed by atoms with van der Waals surface area (Å²) in [5.74, 6) is 1.12. The van der Waals surface area contributed by atoms with E-state index in [2.05, 4.69) is 6.92 Å². The van der Waals surface area contributed by atoms with Gasteiger partial charge in [0.05, 0.1) is 0 Å². The highest BCUT2D eigenvalue weighted by Gasteiger charge is 2.33. The van der Waals surface area contributed by atoms with Crippen molar-refractivity contribution in [1.82, 2.24) is 0 Å². The van der Waals surface area contributed by atoms with Crippen LogP contribution in [0.1, 0.15) is 32.6 Å². The van der Waals surface area contributed by atoms with Crippen LogP contribution in [0.2, 0.25) is 0 Å². The molecule has 2 rings (SSSR count). The Balaban J connectivity index is 2.10. The Kier molecular flexibility index (Phi) is 3.82. The summed E-state index contributed by atoms with van der Waals surface area (Å²) in [5.41, 5.74) is 0.999. The molecule has 0 saturated heterocycles. The quantitative estimate of drug-likeness (QED) is 0.780. The van der Waals surface area contributed by atoms with Crippen LogP contribution in [0, 0.1) is 11.8 Å². The largest absolute Gasteiger partial charge is 0.315 e. The van der Waals surface area contributed by atoms with Crippen LogP contribution >= 0.6 is 0 Å². The molecule has 0 unspecified atom stereocenters. The SMILES string of the molecule is CC[C@H]1CCC[C@@H]1C(=O)N(C)c1ccccc1. The van der Waals surface area contributed by atoms with Gasteiger partial charge in [-0.2, -0.15) is 0 Å². The molecule has 1 fully saturated rings. The summed E-state index contributed by atoms with van der Waals surface area (Å²) < 4.78 is 0. The number of amides is 1. The minimum absolute atomic E-state index is 0.241. The molecule has 1 aliphatic carbocycles. The highest BCUT2D eigenvalue weighted by molar-refractivity contribution is 5.94. The molecule has 1 aromatic rings. The predicted octanol–water partition coefficient (Wildman–Crippen LogP) is 3.48. The first kappa shape index (κ1) is 12.2. The molecule has 0 heterocycles. The summed E-state index contributed by atoms with van der Waals surface area (Å²) in [7, 11) is 1.89. The van der Waals surface area contributed by atoms with Crippen molar-refractivity contribution in [2.24, 2.45) is 11.8 Å². The van der Waals surface area contributed by atoms with E-state index in [1.165, 1.54) is 12.8 Å². The normalized spacial score (nSPS) is 23.6. The van der Waals surface area contributed by atoms with Crippen molar-refractivity contribution >= 4 is 11.6 Å². The van der Waals surface area contributed by atoms with Gasteiger partial charge in [-0.15, -0.1) is 0 Å². The van der Waals surface area contributed by atoms with Crippen LogP contribution in [0.15, 0.2) is 30.3 Å². The number of hydrogen-bond donors (Lipinski definition) is 0. The Morgan fingerprint density at radius 1 is 1.29 bits per heavy atom. The highest BCUT2D eigenvalue weighted by Crippen LogP contribution is 2.35. The second kappa shape index (κ2) is 5.35. The van der Waals surface area contributed by atoms with Crippen LogP contribution in [0.3, 0.4) is 0 Å². The van der Waals surface area contributed by atoms with E-state index < -0.39 is 0 Å². The molecule has 1 aliphatic rings. The number of carbonyl (C=O) groups is 1. The van der Waals surface area contributed by atoms with Gasteiger partial charge in [0.25, 0.3) is 0 Å². The lowest BCUT2D eigenvalue weighted by atomic mass is 9.92. The van der Waals surface area contributed by atoms with Crippen molar-refractivity contribution in [3.05, 3.63) is 30.3 Å². The van der Waals surface area contributed by atoms with Gasteiger partial charge in [0.15, 0.2) is 0 Å². The minimum Gasteiger partial charge on any atom is -0.315 e. The van der Waals surface area contributed by atoms with Gasteiger partial charge in [-0.3, -0.25) is 4.79 Å². The summed E-state index contributed by atoms with van der Waals surface area (Å²) in [6.45, 7) is 2.19. The molecule has 0 spiro atoms. The van der Waals surface area contributed by atoms with Crippen molar-refractivity contribution < 1.29 is 4.79 Å². The van der Waals surface area contributed by atoms with Gasteiger partial charge >= 0.3 is 0 Å². The van der Waals surface area contributed by atoms with E-state index in [0.29, 0.717) is 11.8 Å². The molecule has 1 aromatic carbocycles. The molecule has 2 atom stereocenters. The van der Waals surface area contributed by atoms with Crippen LogP contribution in [0.25, 0.3) is 0 Å². The fourth-order valence-corrected chi connectivity index (χ4v) is 2.88. The van der Waals surface area contributed by atoms with E-state index in [4.69, 9.17) is 0 Å². The Labute approximate surface area is 104 Å². The lowest BCUT2D eigenvalue weighted by molar-refractivity contribution is -0.123. The zero-order valence-corrected chi connectivity index (χ0v) is 10.7. The van der Waals surface area contributed by atoms with E-state index >= 15 is 0 Å². The topological polar surface area (TPSA) is 20.3 Å². The van der Waals surface area contributed by atoms with Gasteiger partial charge in [-0.1, -0.05) is 38.0 Å². The highest BCUT2D eigenvalue weighted by atomic mass is 16.2. The summed E-state index contributed by atoms with van der Waals surface area (Å²) in [6, 6.07) is 9.92. The Hall–Kier alpha value is -1.31. The molecule has 2 heteroatoms. The van der Waals surface area contributed by atoms with Crippen molar-refractivity contribution in [3.63, 3.8) is 0 Å². The first-order chi connectivity index (χ1) is 8.24. The first-order valence-electron chi connectivity index (χ1n) is 6.56. The molecule has 0 N–H and O–H groups in total. The second-order valence-corrected chi connectivity index (χ2v) is 4.94. The van der Waals surface area contributed by atoms with Gasteiger partial charge in [0, 0.05) is 18.7 Å². The third-order valence-corrected chi connectivity index (χ3v) is 3.97. The number of benzene rings is 1. The lowest BCUT2D eigenvalue weighted by Crippen LogP contribution is -2.34. The third kappa shape index (κ3) is 2.51. The molecule has 0 radical (unpaired) electrons. The molecule has 92 valence electrons. The second-order valence-electron chi connectivity index (χ2n) is 4.94. The van der Waals surface area contributed by atoms with Crippen LogP contribution in [-0.4, -0.2) is 13.0 Å². The predicted molar refractivity (Wildman–Crippen MR) is 71.0 cm³/mol. The first-order valence-corrected chi connectivity index (χ1v) is 6.56. The van der Waals surface area contributed by atoms with Crippen molar-refractivity contribution in [2.45, 2.75) is 32.6 Å². The van der Waals surface area contributed by atoms with Gasteiger partial charge in [-0.25, -0.2) is 0 Å². The van der Waals surface area contributed by atoms with Crippen LogP contribution < -0.4 is 4.90 Å². The molecule has 1 saturated carbocycles. The molecular formula is C15H21NO. The van der Waals surface area contributed by atoms with Crippen molar-refractivity contribution in [1.29, 1.82) is 0 Å². The maximum absolute atomic E-state index is 12.4. The number of carbonyl (C=O) groups excluding carboxylic acids is 1. The monoisotopic (exact) mass is 231 g/mol. The lowest BCUT2D eigenvalue weighted by Gasteiger charge is -2.24. The zero-order chi connectivity index (χ0) is 12.3. The number of anilines is 1. The van der Waals surface area contributed by atoms with E-state index in [1.54, 1.807) is 0 Å². The van der Waals surface area contributed by atoms with Gasteiger partial charge in [0.2, 0.25) is 5.91 Å². The van der Waals surface area contributed by atoms with E-state index in [1.807, 2.05) is 42.3 Å². The Bertz CT molecular complexity index is 374. The van der Waals surface area contributed by atoms with E-state index in [9.17, 15) is 4.79 Å². The van der Waals surface area contributed by atoms with Crippen LogP contribution in [-0.2, 0) is 4.79 Å². The van der Waals surface area contributed by atoms with Crippen LogP contribution in [0.4, 0.5) is 5.69 Å². The average Bonchev–Trinajstić information content (AvgIpc) is 2.86. The maximum atomic E-state index is 12.4. The standard InChI is InChI=1S/C15H21NO/c1-3-12-8-7-11-14(12)15(17)16(2)13-9-5-4-6-10-13/h4-6,9-10,12,14H,3,7-8,11H2,1-2H3/t12-,14-/m0/s1. The van der Waals surface area contributed by atoms with Gasteiger partial charge < -0.3 is 4.90 Å². The third-order valence-electron chi connectivity index (χ3n) is 3.97. The van der Waals surface area contributed by atoms with Crippen molar-refractivity contribution in [2.75, 3.05) is 11.9 Å². The smallest absolute Gasteiger partial charge is 0.230 e. The number of hydrogen-bond acceptors (Lipinski definition) is 1. The maximum Gasteiger partial charge on any atom is 0.230 e.